The third-order valence-corrected chi connectivity index (χ3v) is 6.29. The van der Waals surface area contributed by atoms with Crippen molar-refractivity contribution in [1.29, 1.82) is 0 Å². The number of thiazole rings is 1. The van der Waals surface area contributed by atoms with Crippen LogP contribution in [0, 0.1) is 6.92 Å². The lowest BCUT2D eigenvalue weighted by Crippen LogP contribution is -2.42. The molecule has 1 aromatic carbocycles. The second kappa shape index (κ2) is 9.09. The third kappa shape index (κ3) is 4.30. The number of aromatic nitrogens is 2. The monoisotopic (exact) mass is 440 g/mol. The number of nitrogens with zero attached hydrogens (tertiary/aromatic N) is 4. The first-order chi connectivity index (χ1) is 15.0. The first-order valence-electron chi connectivity index (χ1n) is 10.1. The minimum Gasteiger partial charge on any atom is -0.395 e. The van der Waals surface area contributed by atoms with E-state index in [9.17, 15) is 14.7 Å². The molecule has 1 N–H and O–H groups in total. The van der Waals surface area contributed by atoms with Crippen molar-refractivity contribution >= 4 is 34.1 Å². The lowest BCUT2D eigenvalue weighted by molar-refractivity contribution is -0.0245. The molecule has 2 amide bonds. The van der Waals surface area contributed by atoms with Crippen molar-refractivity contribution in [1.82, 2.24) is 19.8 Å². The molecular formula is C22H24N4O4S. The van der Waals surface area contributed by atoms with Gasteiger partial charge in [0.15, 0.2) is 0 Å². The zero-order chi connectivity index (χ0) is 22.0. The zero-order valence-corrected chi connectivity index (χ0v) is 18.3. The highest BCUT2D eigenvalue weighted by atomic mass is 32.1. The van der Waals surface area contributed by atoms with Gasteiger partial charge in [-0.15, -0.1) is 11.3 Å². The third-order valence-electron chi connectivity index (χ3n) is 5.37. The summed E-state index contributed by atoms with van der Waals surface area (Å²) in [4.78, 5) is 38.7. The number of likely N-dealkylation sites (N-methyl/N-ethyl adjacent to an activating group) is 1. The molecule has 0 bridgehead atoms. The van der Waals surface area contributed by atoms with Gasteiger partial charge in [0, 0.05) is 25.5 Å². The molecular weight excluding hydrogens is 416 g/mol. The van der Waals surface area contributed by atoms with E-state index in [-0.39, 0.29) is 25.0 Å². The average molecular weight is 441 g/mol. The second-order valence-electron chi connectivity index (χ2n) is 7.44. The summed E-state index contributed by atoms with van der Waals surface area (Å²) in [7, 11) is 1.66. The lowest BCUT2D eigenvalue weighted by atomic mass is 10.0. The van der Waals surface area contributed by atoms with Crippen molar-refractivity contribution in [2.24, 2.45) is 0 Å². The molecule has 1 aliphatic rings. The fourth-order valence-corrected chi connectivity index (χ4v) is 4.43. The van der Waals surface area contributed by atoms with Gasteiger partial charge in [0.2, 0.25) is 0 Å². The predicted molar refractivity (Wildman–Crippen MR) is 117 cm³/mol. The van der Waals surface area contributed by atoms with Gasteiger partial charge < -0.3 is 19.6 Å². The van der Waals surface area contributed by atoms with Crippen LogP contribution < -0.4 is 0 Å². The van der Waals surface area contributed by atoms with Crippen LogP contribution in [0.5, 0.6) is 0 Å². The Labute approximate surface area is 184 Å². The molecule has 162 valence electrons. The van der Waals surface area contributed by atoms with Crippen LogP contribution in [0.1, 0.15) is 37.5 Å². The van der Waals surface area contributed by atoms with E-state index < -0.39 is 6.10 Å². The molecule has 31 heavy (non-hydrogen) atoms. The van der Waals surface area contributed by atoms with Crippen LogP contribution >= 0.6 is 11.3 Å². The van der Waals surface area contributed by atoms with Gasteiger partial charge >= 0.3 is 0 Å². The highest BCUT2D eigenvalue weighted by molar-refractivity contribution is 7.11. The Morgan fingerprint density at radius 3 is 2.90 bits per heavy atom. The molecule has 8 nitrogen and oxygen atoms in total. The fraction of sp³-hybridized carbons (Fsp3) is 0.364. The number of para-hydroxylation sites is 1. The number of ether oxygens (including phenoxy) is 1. The number of pyridine rings is 1. The highest BCUT2D eigenvalue weighted by Crippen LogP contribution is 2.28. The molecule has 3 heterocycles. The molecule has 9 heteroatoms. The van der Waals surface area contributed by atoms with Crippen molar-refractivity contribution in [3.8, 4) is 0 Å². The lowest BCUT2D eigenvalue weighted by Gasteiger charge is -2.32. The number of rotatable bonds is 5. The summed E-state index contributed by atoms with van der Waals surface area (Å²) >= 11 is 1.34. The number of carbonyl (C=O) groups excluding carboxylic acids is 2. The van der Waals surface area contributed by atoms with E-state index >= 15 is 0 Å². The van der Waals surface area contributed by atoms with Crippen molar-refractivity contribution in [2.45, 2.75) is 13.0 Å². The molecule has 0 saturated carbocycles. The number of fused-ring (bicyclic) bond motifs is 1. The number of hydrogen-bond donors (Lipinski definition) is 1. The molecule has 0 radical (unpaired) electrons. The topological polar surface area (TPSA) is 95.9 Å². The quantitative estimate of drug-likeness (QED) is 0.654. The molecule has 1 aliphatic heterocycles. The van der Waals surface area contributed by atoms with Crippen LogP contribution in [0.4, 0.5) is 0 Å². The molecule has 0 aliphatic carbocycles. The normalized spacial score (nSPS) is 16.5. The van der Waals surface area contributed by atoms with Crippen molar-refractivity contribution < 1.29 is 19.4 Å². The van der Waals surface area contributed by atoms with Crippen molar-refractivity contribution in [2.75, 3.05) is 39.9 Å². The molecule has 1 fully saturated rings. The Hall–Kier alpha value is -2.88. The molecule has 2 aromatic heterocycles. The highest BCUT2D eigenvalue weighted by Gasteiger charge is 2.29. The summed E-state index contributed by atoms with van der Waals surface area (Å²) in [6.07, 6.45) is -0.440. The van der Waals surface area contributed by atoms with Crippen LogP contribution in [0.2, 0.25) is 0 Å². The van der Waals surface area contributed by atoms with Crippen LogP contribution in [0.15, 0.2) is 35.8 Å². The summed E-state index contributed by atoms with van der Waals surface area (Å²) in [5.74, 6) is -0.258. The van der Waals surface area contributed by atoms with Gasteiger partial charge in [-0.2, -0.15) is 0 Å². The number of carbonyl (C=O) groups is 2. The Kier molecular flexibility index (Phi) is 6.26. The SMILES string of the molecule is Cc1ncsc1C(=O)N1CCO[C@H](c2cc(C(=O)N(C)CCO)c3ccccc3n2)C1. The maximum absolute atomic E-state index is 13.0. The van der Waals surface area contributed by atoms with E-state index in [0.717, 1.165) is 11.1 Å². The van der Waals surface area contributed by atoms with E-state index in [1.165, 1.54) is 16.2 Å². The molecule has 1 atom stereocenters. The largest absolute Gasteiger partial charge is 0.395 e. The van der Waals surface area contributed by atoms with Gasteiger partial charge in [-0.05, 0) is 19.1 Å². The summed E-state index contributed by atoms with van der Waals surface area (Å²) in [6.45, 7) is 3.18. The number of amides is 2. The standard InChI is InChI=1S/C22H24N4O4S/c1-14-20(31-13-23-14)22(29)26-8-10-30-19(12-26)18-11-16(21(28)25(2)7-9-27)15-5-3-4-6-17(15)24-18/h3-6,11,13,19,27H,7-10,12H2,1-2H3/t19-/m0/s1. The summed E-state index contributed by atoms with van der Waals surface area (Å²) in [6, 6.07) is 9.19. The number of hydrogen-bond acceptors (Lipinski definition) is 7. The van der Waals surface area contributed by atoms with Gasteiger partial charge in [0.25, 0.3) is 11.8 Å². The van der Waals surface area contributed by atoms with E-state index in [4.69, 9.17) is 9.72 Å². The Morgan fingerprint density at radius 2 is 2.16 bits per heavy atom. The van der Waals surface area contributed by atoms with Gasteiger partial charge in [-0.1, -0.05) is 18.2 Å². The summed E-state index contributed by atoms with van der Waals surface area (Å²) in [5, 5.41) is 9.96. The maximum atomic E-state index is 13.0. The van der Waals surface area contributed by atoms with Gasteiger partial charge in [-0.3, -0.25) is 9.59 Å². The van der Waals surface area contributed by atoms with Gasteiger partial charge in [0.05, 0.1) is 47.7 Å². The maximum Gasteiger partial charge on any atom is 0.266 e. The van der Waals surface area contributed by atoms with E-state index in [1.807, 2.05) is 31.2 Å². The average Bonchev–Trinajstić information content (AvgIpc) is 3.23. The first-order valence-corrected chi connectivity index (χ1v) is 10.9. The molecule has 0 unspecified atom stereocenters. The number of morpholine rings is 1. The van der Waals surface area contributed by atoms with Crippen LogP contribution in [-0.4, -0.2) is 76.6 Å². The number of benzene rings is 1. The second-order valence-corrected chi connectivity index (χ2v) is 8.29. The minimum atomic E-state index is -0.440. The smallest absolute Gasteiger partial charge is 0.266 e. The first kappa shape index (κ1) is 21.4. The Bertz CT molecular complexity index is 1120. The Morgan fingerprint density at radius 1 is 1.35 bits per heavy atom. The minimum absolute atomic E-state index is 0.0620. The van der Waals surface area contributed by atoms with Crippen molar-refractivity contribution in [3.05, 3.63) is 57.7 Å². The van der Waals surface area contributed by atoms with E-state index in [0.29, 0.717) is 41.3 Å². The van der Waals surface area contributed by atoms with Gasteiger partial charge in [-0.25, -0.2) is 9.97 Å². The van der Waals surface area contributed by atoms with E-state index in [1.54, 1.807) is 23.5 Å². The summed E-state index contributed by atoms with van der Waals surface area (Å²) in [5.41, 5.74) is 4.19. The predicted octanol–water partition coefficient (Wildman–Crippen LogP) is 2.28. The van der Waals surface area contributed by atoms with E-state index in [2.05, 4.69) is 4.98 Å². The summed E-state index contributed by atoms with van der Waals surface area (Å²) < 4.78 is 5.95. The van der Waals surface area contributed by atoms with Crippen LogP contribution in [0.3, 0.4) is 0 Å². The van der Waals surface area contributed by atoms with Gasteiger partial charge in [0.1, 0.15) is 11.0 Å². The molecule has 3 aromatic rings. The van der Waals surface area contributed by atoms with Crippen LogP contribution in [0.25, 0.3) is 10.9 Å². The molecule has 4 rings (SSSR count). The zero-order valence-electron chi connectivity index (χ0n) is 17.4. The molecule has 1 saturated heterocycles. The van der Waals surface area contributed by atoms with Crippen molar-refractivity contribution in [3.63, 3.8) is 0 Å². The number of aryl methyl sites for hydroxylation is 1. The number of aliphatic hydroxyl groups excluding tert-OH is 1. The van der Waals surface area contributed by atoms with Crippen LogP contribution in [-0.2, 0) is 4.74 Å². The number of aliphatic hydroxyl groups is 1. The Balaban J connectivity index is 1.66. The fourth-order valence-electron chi connectivity index (χ4n) is 3.66. The molecule has 0 spiro atoms.